The van der Waals surface area contributed by atoms with Crippen molar-refractivity contribution < 1.29 is 8.78 Å². The van der Waals surface area contributed by atoms with Crippen LogP contribution in [0.5, 0.6) is 0 Å². The molecule has 0 bridgehead atoms. The third-order valence-corrected chi connectivity index (χ3v) is 3.66. The Balaban J connectivity index is 2.60. The van der Waals surface area contributed by atoms with Crippen LogP contribution in [-0.2, 0) is 0 Å². The Hall–Kier alpha value is -0.610. The smallest absolute Gasteiger partial charge is 0.139 e. The van der Waals surface area contributed by atoms with Gasteiger partial charge in [-0.15, -0.1) is 11.8 Å². The van der Waals surface area contributed by atoms with Crippen molar-refractivity contribution in [3.05, 3.63) is 29.8 Å². The van der Waals surface area contributed by atoms with E-state index in [4.69, 9.17) is 0 Å². The Labute approximate surface area is 99.6 Å². The number of thioether (sulfide) groups is 1. The van der Waals surface area contributed by atoms with E-state index in [-0.39, 0.29) is 0 Å². The number of rotatable bonds is 5. The van der Waals surface area contributed by atoms with Crippen LogP contribution in [0.15, 0.2) is 23.1 Å². The Morgan fingerprint density at radius 1 is 1.31 bits per heavy atom. The minimum Gasteiger partial charge on any atom is -0.316 e. The summed E-state index contributed by atoms with van der Waals surface area (Å²) in [4.78, 5) is 0.502. The molecular weight excluding hydrogens is 228 g/mol. The van der Waals surface area contributed by atoms with E-state index in [2.05, 4.69) is 19.2 Å². The maximum Gasteiger partial charge on any atom is 0.139 e. The minimum atomic E-state index is -0.532. The second-order valence-electron chi connectivity index (χ2n) is 4.02. The van der Waals surface area contributed by atoms with Crippen molar-refractivity contribution in [3.63, 3.8) is 0 Å². The maximum absolute atomic E-state index is 13.3. The highest BCUT2D eigenvalue weighted by Crippen LogP contribution is 2.24. The first kappa shape index (κ1) is 13.5. The molecule has 1 aromatic carbocycles. The zero-order chi connectivity index (χ0) is 12.1. The van der Waals surface area contributed by atoms with Crippen LogP contribution in [0, 0.1) is 17.6 Å². The second kappa shape index (κ2) is 6.21. The lowest BCUT2D eigenvalue weighted by atomic mass is 10.1. The van der Waals surface area contributed by atoms with Crippen LogP contribution >= 0.6 is 11.8 Å². The number of benzene rings is 1. The van der Waals surface area contributed by atoms with Gasteiger partial charge >= 0.3 is 0 Å². The summed E-state index contributed by atoms with van der Waals surface area (Å²) in [5.41, 5.74) is 0. The summed E-state index contributed by atoms with van der Waals surface area (Å²) < 4.78 is 26.0. The summed E-state index contributed by atoms with van der Waals surface area (Å²) in [6, 6.07) is 4.03. The lowest BCUT2D eigenvalue weighted by molar-refractivity contribution is 0.465. The van der Waals surface area contributed by atoms with Gasteiger partial charge in [0.25, 0.3) is 0 Å². The predicted molar refractivity (Wildman–Crippen MR) is 64.8 cm³/mol. The Kier molecular flexibility index (Phi) is 5.22. The normalized spacial score (nSPS) is 13.1. The van der Waals surface area contributed by atoms with Crippen molar-refractivity contribution >= 4 is 11.8 Å². The lowest BCUT2D eigenvalue weighted by Crippen LogP contribution is -2.32. The molecule has 4 heteroatoms. The van der Waals surface area contributed by atoms with Crippen molar-refractivity contribution in [2.75, 3.05) is 12.8 Å². The molecule has 1 unspecified atom stereocenters. The van der Waals surface area contributed by atoms with Crippen LogP contribution in [0.4, 0.5) is 8.78 Å². The van der Waals surface area contributed by atoms with E-state index in [9.17, 15) is 8.78 Å². The predicted octanol–water partition coefficient (Wildman–Crippen LogP) is 3.30. The third kappa shape index (κ3) is 3.76. The lowest BCUT2D eigenvalue weighted by Gasteiger charge is -2.19. The molecular formula is C12H17F2NS. The molecule has 16 heavy (non-hydrogen) atoms. The number of halogens is 2. The first-order chi connectivity index (χ1) is 7.54. The van der Waals surface area contributed by atoms with Crippen molar-refractivity contribution in [1.82, 2.24) is 5.32 Å². The summed E-state index contributed by atoms with van der Waals surface area (Å²) in [7, 11) is 1.90. The fraction of sp³-hybridized carbons (Fsp3) is 0.500. The van der Waals surface area contributed by atoms with Crippen LogP contribution in [0.25, 0.3) is 0 Å². The highest BCUT2D eigenvalue weighted by atomic mass is 32.2. The van der Waals surface area contributed by atoms with Crippen LogP contribution in [-0.4, -0.2) is 18.8 Å². The van der Waals surface area contributed by atoms with E-state index in [0.717, 1.165) is 11.8 Å². The molecule has 0 amide bonds. The van der Waals surface area contributed by atoms with Gasteiger partial charge in [-0.2, -0.15) is 0 Å². The van der Waals surface area contributed by atoms with Gasteiger partial charge in [0.15, 0.2) is 0 Å². The van der Waals surface area contributed by atoms with Gasteiger partial charge in [-0.3, -0.25) is 0 Å². The standard InChI is InChI=1S/C12H17F2NS/c1-8(2)11(15-3)7-16-12-5-4-9(13)6-10(12)14/h4-6,8,11,15H,7H2,1-3H3. The van der Waals surface area contributed by atoms with E-state index in [1.165, 1.54) is 23.9 Å². The van der Waals surface area contributed by atoms with Gasteiger partial charge < -0.3 is 5.32 Å². The summed E-state index contributed by atoms with van der Waals surface area (Å²) >= 11 is 1.41. The highest BCUT2D eigenvalue weighted by Gasteiger charge is 2.12. The molecule has 1 atom stereocenters. The van der Waals surface area contributed by atoms with Gasteiger partial charge in [0.05, 0.1) is 0 Å². The monoisotopic (exact) mass is 245 g/mol. The van der Waals surface area contributed by atoms with Crippen LogP contribution < -0.4 is 5.32 Å². The summed E-state index contributed by atoms with van der Waals surface area (Å²) in [6.07, 6.45) is 0. The molecule has 0 saturated carbocycles. The quantitative estimate of drug-likeness (QED) is 0.799. The largest absolute Gasteiger partial charge is 0.316 e. The zero-order valence-electron chi connectivity index (χ0n) is 9.76. The van der Waals surface area contributed by atoms with Crippen molar-refractivity contribution in [3.8, 4) is 0 Å². The molecule has 0 saturated heterocycles. The Morgan fingerprint density at radius 3 is 2.50 bits per heavy atom. The number of nitrogens with one attached hydrogen (secondary N) is 1. The molecule has 0 aromatic heterocycles. The van der Waals surface area contributed by atoms with E-state index >= 15 is 0 Å². The average Bonchev–Trinajstić information content (AvgIpc) is 2.21. The van der Waals surface area contributed by atoms with Gasteiger partial charge in [-0.05, 0) is 25.1 Å². The van der Waals surface area contributed by atoms with Crippen LogP contribution in [0.1, 0.15) is 13.8 Å². The molecule has 1 aromatic rings. The molecule has 0 aliphatic carbocycles. The second-order valence-corrected chi connectivity index (χ2v) is 5.09. The molecule has 90 valence electrons. The summed E-state index contributed by atoms with van der Waals surface area (Å²) in [5, 5.41) is 3.19. The van der Waals surface area contributed by atoms with Crippen molar-refractivity contribution in [1.29, 1.82) is 0 Å². The molecule has 0 aliphatic heterocycles. The summed E-state index contributed by atoms with van der Waals surface area (Å²) in [5.74, 6) is 0.247. The molecule has 1 N–H and O–H groups in total. The molecule has 1 rings (SSSR count). The van der Waals surface area contributed by atoms with Crippen LogP contribution in [0.3, 0.4) is 0 Å². The Morgan fingerprint density at radius 2 is 2.00 bits per heavy atom. The van der Waals surface area contributed by atoms with Crippen molar-refractivity contribution in [2.45, 2.75) is 24.8 Å². The number of hydrogen-bond donors (Lipinski definition) is 1. The fourth-order valence-corrected chi connectivity index (χ4v) is 2.65. The van der Waals surface area contributed by atoms with E-state index in [1.54, 1.807) is 0 Å². The molecule has 0 radical (unpaired) electrons. The van der Waals surface area contributed by atoms with Crippen LogP contribution in [0.2, 0.25) is 0 Å². The Bertz CT molecular complexity index is 342. The van der Waals surface area contributed by atoms with Crippen molar-refractivity contribution in [2.24, 2.45) is 5.92 Å². The number of hydrogen-bond acceptors (Lipinski definition) is 2. The first-order valence-corrected chi connectivity index (χ1v) is 6.28. The van der Waals surface area contributed by atoms with Gasteiger partial charge in [-0.1, -0.05) is 13.8 Å². The maximum atomic E-state index is 13.3. The molecule has 1 nitrogen and oxygen atoms in total. The van der Waals surface area contributed by atoms with Gasteiger partial charge in [-0.25, -0.2) is 8.78 Å². The first-order valence-electron chi connectivity index (χ1n) is 5.29. The fourth-order valence-electron chi connectivity index (χ4n) is 1.38. The van der Waals surface area contributed by atoms with E-state index in [0.29, 0.717) is 16.9 Å². The summed E-state index contributed by atoms with van der Waals surface area (Å²) in [6.45, 7) is 4.23. The minimum absolute atomic E-state index is 0.328. The van der Waals surface area contributed by atoms with Gasteiger partial charge in [0, 0.05) is 22.8 Å². The van der Waals surface area contributed by atoms with Gasteiger partial charge in [0.2, 0.25) is 0 Å². The molecule has 0 heterocycles. The molecule has 0 fully saturated rings. The SMILES string of the molecule is CNC(CSc1ccc(F)cc1F)C(C)C. The zero-order valence-corrected chi connectivity index (χ0v) is 10.6. The third-order valence-electron chi connectivity index (χ3n) is 2.49. The van der Waals surface area contributed by atoms with E-state index in [1.807, 2.05) is 7.05 Å². The molecule has 0 spiro atoms. The average molecular weight is 245 g/mol. The van der Waals surface area contributed by atoms with Gasteiger partial charge in [0.1, 0.15) is 11.6 Å². The molecule has 0 aliphatic rings. The topological polar surface area (TPSA) is 12.0 Å². The highest BCUT2D eigenvalue weighted by molar-refractivity contribution is 7.99. The van der Waals surface area contributed by atoms with E-state index < -0.39 is 11.6 Å².